The second-order valence-electron chi connectivity index (χ2n) is 10.5. The standard InChI is InChI=1S/C30H37N3O6/c1-37-26-15-19-5-10-27(34)32-18-24-8-7-23(17-28(35)31-12-3-4-21(14-19)29(26)38-2)33(24)30(36)22-6-9-25-20(16-22)11-13-39-25/h6,9,14-16,23-24H,3-5,7-8,10-13,17-18H2,1-2H3,(H,31,35)(H,32,34)/t23-,24+/m0/s1. The summed E-state index contributed by atoms with van der Waals surface area (Å²) in [5.41, 5.74) is 3.60. The molecule has 9 nitrogen and oxygen atoms in total. The van der Waals surface area contributed by atoms with Crippen molar-refractivity contribution < 1.29 is 28.6 Å². The summed E-state index contributed by atoms with van der Waals surface area (Å²) >= 11 is 0. The highest BCUT2D eigenvalue weighted by molar-refractivity contribution is 5.95. The largest absolute Gasteiger partial charge is 0.493 e. The number of carbonyl (C=O) groups excluding carboxylic acids is 3. The van der Waals surface area contributed by atoms with Crippen LogP contribution in [-0.4, -0.2) is 68.6 Å². The molecule has 0 saturated carbocycles. The molecule has 39 heavy (non-hydrogen) atoms. The molecule has 0 aliphatic carbocycles. The maximum atomic E-state index is 13.8. The zero-order valence-corrected chi connectivity index (χ0v) is 22.7. The van der Waals surface area contributed by atoms with Gasteiger partial charge in [0, 0.05) is 50.0 Å². The number of amides is 3. The van der Waals surface area contributed by atoms with E-state index >= 15 is 0 Å². The minimum Gasteiger partial charge on any atom is -0.493 e. The van der Waals surface area contributed by atoms with Crippen molar-refractivity contribution in [3.05, 3.63) is 52.6 Å². The maximum absolute atomic E-state index is 13.8. The van der Waals surface area contributed by atoms with E-state index in [-0.39, 0.29) is 36.2 Å². The Labute approximate surface area is 229 Å². The number of hydrogen-bond donors (Lipinski definition) is 2. The molecule has 1 fully saturated rings. The molecule has 208 valence electrons. The van der Waals surface area contributed by atoms with E-state index in [1.807, 2.05) is 23.1 Å². The van der Waals surface area contributed by atoms with E-state index < -0.39 is 0 Å². The van der Waals surface area contributed by atoms with Crippen LogP contribution in [0.25, 0.3) is 0 Å². The molecule has 2 atom stereocenters. The van der Waals surface area contributed by atoms with Crippen LogP contribution in [0.3, 0.4) is 0 Å². The van der Waals surface area contributed by atoms with Crippen molar-refractivity contribution in [1.82, 2.24) is 15.5 Å². The predicted molar refractivity (Wildman–Crippen MR) is 145 cm³/mol. The fourth-order valence-electron chi connectivity index (χ4n) is 5.97. The molecule has 2 aromatic rings. The average molecular weight is 536 g/mol. The van der Waals surface area contributed by atoms with Gasteiger partial charge in [-0.25, -0.2) is 0 Å². The van der Waals surface area contributed by atoms with Gasteiger partial charge >= 0.3 is 0 Å². The van der Waals surface area contributed by atoms with Crippen molar-refractivity contribution in [3.8, 4) is 17.2 Å². The fourth-order valence-corrected chi connectivity index (χ4v) is 5.97. The molecule has 3 heterocycles. The van der Waals surface area contributed by atoms with E-state index in [0.29, 0.717) is 56.0 Å². The molecule has 9 heteroatoms. The van der Waals surface area contributed by atoms with Crippen LogP contribution < -0.4 is 24.8 Å². The van der Waals surface area contributed by atoms with Gasteiger partial charge in [-0.1, -0.05) is 6.07 Å². The second kappa shape index (κ2) is 12.0. The highest BCUT2D eigenvalue weighted by atomic mass is 16.5. The minimum absolute atomic E-state index is 0.0704. The van der Waals surface area contributed by atoms with Gasteiger partial charge in [0.2, 0.25) is 11.8 Å². The smallest absolute Gasteiger partial charge is 0.254 e. The van der Waals surface area contributed by atoms with Crippen LogP contribution in [0, 0.1) is 0 Å². The number of rotatable bonds is 3. The summed E-state index contributed by atoms with van der Waals surface area (Å²) in [4.78, 5) is 41.4. The van der Waals surface area contributed by atoms with Crippen molar-refractivity contribution in [2.24, 2.45) is 0 Å². The Bertz CT molecular complexity index is 1250. The summed E-state index contributed by atoms with van der Waals surface area (Å²) in [5.74, 6) is 1.89. The highest BCUT2D eigenvalue weighted by Crippen LogP contribution is 2.34. The van der Waals surface area contributed by atoms with E-state index in [0.717, 1.165) is 48.1 Å². The molecule has 4 bridgehead atoms. The lowest BCUT2D eigenvalue weighted by atomic mass is 10.0. The van der Waals surface area contributed by atoms with Gasteiger partial charge in [-0.15, -0.1) is 0 Å². The lowest BCUT2D eigenvalue weighted by Gasteiger charge is -2.31. The van der Waals surface area contributed by atoms with E-state index in [1.54, 1.807) is 20.3 Å². The third kappa shape index (κ3) is 5.97. The van der Waals surface area contributed by atoms with Gasteiger partial charge in [0.1, 0.15) is 5.75 Å². The maximum Gasteiger partial charge on any atom is 0.254 e. The van der Waals surface area contributed by atoms with Crippen LogP contribution in [0.5, 0.6) is 17.2 Å². The molecular formula is C30H37N3O6. The molecule has 0 aromatic heterocycles. The second-order valence-corrected chi connectivity index (χ2v) is 10.5. The normalized spacial score (nSPS) is 21.7. The van der Waals surface area contributed by atoms with E-state index in [2.05, 4.69) is 16.7 Å². The number of carbonyl (C=O) groups is 3. The van der Waals surface area contributed by atoms with Crippen molar-refractivity contribution in [2.45, 2.75) is 63.5 Å². The van der Waals surface area contributed by atoms with Gasteiger partial charge in [0.05, 0.1) is 20.8 Å². The Morgan fingerprint density at radius 2 is 1.77 bits per heavy atom. The number of aryl methyl sites for hydroxylation is 2. The first-order valence-corrected chi connectivity index (χ1v) is 13.8. The summed E-state index contributed by atoms with van der Waals surface area (Å²) in [7, 11) is 3.22. The zero-order valence-electron chi connectivity index (χ0n) is 22.7. The number of benzene rings is 2. The number of nitrogens with zero attached hydrogens (tertiary/aromatic N) is 1. The third-order valence-corrected chi connectivity index (χ3v) is 7.95. The third-order valence-electron chi connectivity index (χ3n) is 7.95. The topological polar surface area (TPSA) is 106 Å². The molecule has 3 amide bonds. The number of nitrogens with one attached hydrogen (secondary N) is 2. The molecule has 2 aromatic carbocycles. The van der Waals surface area contributed by atoms with Gasteiger partial charge < -0.3 is 29.7 Å². The fraction of sp³-hybridized carbons (Fsp3) is 0.500. The van der Waals surface area contributed by atoms with E-state index in [9.17, 15) is 14.4 Å². The predicted octanol–water partition coefficient (Wildman–Crippen LogP) is 2.81. The first-order valence-electron chi connectivity index (χ1n) is 13.8. The summed E-state index contributed by atoms with van der Waals surface area (Å²) in [6, 6.07) is 9.12. The number of fused-ring (bicyclic) bond motifs is 5. The summed E-state index contributed by atoms with van der Waals surface area (Å²) in [6.07, 6.45) is 4.76. The summed E-state index contributed by atoms with van der Waals surface area (Å²) in [5, 5.41) is 6.08. The first-order chi connectivity index (χ1) is 19.0. The number of methoxy groups -OCH3 is 2. The Hall–Kier alpha value is -3.75. The number of ether oxygens (including phenoxy) is 3. The van der Waals surface area contributed by atoms with Crippen LogP contribution in [0.2, 0.25) is 0 Å². The molecule has 0 spiro atoms. The zero-order chi connectivity index (χ0) is 27.4. The van der Waals surface area contributed by atoms with Crippen LogP contribution >= 0.6 is 0 Å². The highest BCUT2D eigenvalue weighted by Gasteiger charge is 2.38. The van der Waals surface area contributed by atoms with Gasteiger partial charge in [-0.2, -0.15) is 0 Å². The monoisotopic (exact) mass is 535 g/mol. The molecule has 5 rings (SSSR count). The average Bonchev–Trinajstić information content (AvgIpc) is 3.58. The quantitative estimate of drug-likeness (QED) is 0.626. The summed E-state index contributed by atoms with van der Waals surface area (Å²) in [6.45, 7) is 1.50. The van der Waals surface area contributed by atoms with Gasteiger partial charge in [0.15, 0.2) is 11.5 Å². The Balaban J connectivity index is 1.36. The van der Waals surface area contributed by atoms with Gasteiger partial charge in [0.25, 0.3) is 5.91 Å². The molecule has 1 saturated heterocycles. The van der Waals surface area contributed by atoms with Crippen molar-refractivity contribution in [2.75, 3.05) is 33.9 Å². The molecule has 0 radical (unpaired) electrons. The van der Waals surface area contributed by atoms with Crippen LogP contribution in [-0.2, 0) is 28.9 Å². The molecule has 3 aliphatic rings. The lowest BCUT2D eigenvalue weighted by molar-refractivity contribution is -0.123. The molecular weight excluding hydrogens is 498 g/mol. The summed E-state index contributed by atoms with van der Waals surface area (Å²) < 4.78 is 16.8. The lowest BCUT2D eigenvalue weighted by Crippen LogP contribution is -2.47. The Kier molecular flexibility index (Phi) is 8.24. The minimum atomic E-state index is -0.223. The first kappa shape index (κ1) is 26.8. The SMILES string of the molecule is COc1cc2cc(c1OC)CCCNC(=O)C[C@@H]1CC[C@H](CNC(=O)CC2)N1C(=O)c1ccc2c(c1)CCO2. The van der Waals surface area contributed by atoms with E-state index in [4.69, 9.17) is 14.2 Å². The molecule has 3 aliphatic heterocycles. The van der Waals surface area contributed by atoms with Gasteiger partial charge in [-0.3, -0.25) is 14.4 Å². The Morgan fingerprint density at radius 1 is 0.923 bits per heavy atom. The van der Waals surface area contributed by atoms with Crippen LogP contribution in [0.4, 0.5) is 0 Å². The Morgan fingerprint density at radius 3 is 2.59 bits per heavy atom. The van der Waals surface area contributed by atoms with Crippen LogP contribution in [0.1, 0.15) is 59.2 Å². The van der Waals surface area contributed by atoms with Crippen molar-refractivity contribution in [3.63, 3.8) is 0 Å². The number of hydrogen-bond acceptors (Lipinski definition) is 6. The van der Waals surface area contributed by atoms with E-state index in [1.165, 1.54) is 0 Å². The molecule has 2 N–H and O–H groups in total. The van der Waals surface area contributed by atoms with Gasteiger partial charge in [-0.05, 0) is 73.1 Å². The van der Waals surface area contributed by atoms with Crippen molar-refractivity contribution in [1.29, 1.82) is 0 Å². The van der Waals surface area contributed by atoms with Crippen LogP contribution in [0.15, 0.2) is 30.3 Å². The molecule has 0 unspecified atom stereocenters. The van der Waals surface area contributed by atoms with Crippen molar-refractivity contribution >= 4 is 17.7 Å².